The number of nitrogens with one attached hydrogen (secondary N) is 1. The molecule has 0 radical (unpaired) electrons. The van der Waals surface area contributed by atoms with Crippen molar-refractivity contribution < 1.29 is 4.74 Å². The van der Waals surface area contributed by atoms with Gasteiger partial charge < -0.3 is 10.1 Å². The van der Waals surface area contributed by atoms with E-state index in [1.165, 1.54) is 0 Å². The number of morpholine rings is 1. The summed E-state index contributed by atoms with van der Waals surface area (Å²) in [6, 6.07) is 8.23. The molecule has 3 nitrogen and oxygen atoms in total. The first-order valence-corrected chi connectivity index (χ1v) is 7.40. The first-order chi connectivity index (χ1) is 9.20. The van der Waals surface area contributed by atoms with Crippen LogP contribution < -0.4 is 5.32 Å². The molecule has 106 valence electrons. The van der Waals surface area contributed by atoms with E-state index < -0.39 is 0 Å². The topological polar surface area (TPSA) is 24.5 Å². The normalized spacial score (nSPS) is 22.4. The molecule has 1 saturated heterocycles. The summed E-state index contributed by atoms with van der Waals surface area (Å²) >= 11 is 6.21. The van der Waals surface area contributed by atoms with Crippen LogP contribution >= 0.6 is 11.6 Å². The van der Waals surface area contributed by atoms with Gasteiger partial charge in [-0.2, -0.15) is 0 Å². The average molecular weight is 283 g/mol. The highest BCUT2D eigenvalue weighted by Gasteiger charge is 2.20. The fourth-order valence-corrected chi connectivity index (χ4v) is 2.73. The third-order valence-electron chi connectivity index (χ3n) is 3.69. The highest BCUT2D eigenvalue weighted by Crippen LogP contribution is 2.22. The van der Waals surface area contributed by atoms with Crippen molar-refractivity contribution in [2.45, 2.75) is 26.0 Å². The standard InChI is InChI=1S/C15H23ClN2O/c1-3-18-8-9-19-13(11-18)10-17-12(2)14-6-4-5-7-15(14)16/h4-7,12-13,17H,3,8-11H2,1-2H3/t12-,13?/m0/s1. The van der Waals surface area contributed by atoms with Crippen molar-refractivity contribution in [1.82, 2.24) is 10.2 Å². The monoisotopic (exact) mass is 282 g/mol. The van der Waals surface area contributed by atoms with Crippen LogP contribution in [-0.4, -0.2) is 43.8 Å². The third kappa shape index (κ3) is 4.18. The molecule has 19 heavy (non-hydrogen) atoms. The molecular formula is C15H23ClN2O. The van der Waals surface area contributed by atoms with Crippen molar-refractivity contribution in [3.05, 3.63) is 34.9 Å². The van der Waals surface area contributed by atoms with Gasteiger partial charge in [-0.1, -0.05) is 36.7 Å². The van der Waals surface area contributed by atoms with Crippen LogP contribution in [0, 0.1) is 0 Å². The van der Waals surface area contributed by atoms with E-state index in [1.807, 2.05) is 18.2 Å². The lowest BCUT2D eigenvalue weighted by Gasteiger charge is -2.32. The van der Waals surface area contributed by atoms with Gasteiger partial charge in [0.2, 0.25) is 0 Å². The van der Waals surface area contributed by atoms with Gasteiger partial charge in [0.25, 0.3) is 0 Å². The molecule has 1 aromatic rings. The zero-order valence-electron chi connectivity index (χ0n) is 11.7. The first kappa shape index (κ1) is 14.8. The highest BCUT2D eigenvalue weighted by atomic mass is 35.5. The number of ether oxygens (including phenoxy) is 1. The Hall–Kier alpha value is -0.610. The minimum absolute atomic E-state index is 0.245. The maximum Gasteiger partial charge on any atom is 0.0826 e. The molecule has 2 atom stereocenters. The molecule has 0 bridgehead atoms. The number of halogens is 1. The molecule has 1 unspecified atom stereocenters. The number of hydrogen-bond donors (Lipinski definition) is 1. The maximum absolute atomic E-state index is 6.21. The summed E-state index contributed by atoms with van der Waals surface area (Å²) in [7, 11) is 0. The summed E-state index contributed by atoms with van der Waals surface area (Å²) in [6.45, 7) is 9.19. The van der Waals surface area contributed by atoms with E-state index in [1.54, 1.807) is 0 Å². The lowest BCUT2D eigenvalue weighted by Crippen LogP contribution is -2.46. The molecule has 1 aliphatic rings. The van der Waals surface area contributed by atoms with Gasteiger partial charge in [-0.05, 0) is 25.1 Å². The van der Waals surface area contributed by atoms with Gasteiger partial charge in [-0.25, -0.2) is 0 Å². The Kier molecular flexibility index (Phi) is 5.64. The Morgan fingerprint density at radius 3 is 3.00 bits per heavy atom. The summed E-state index contributed by atoms with van der Waals surface area (Å²) < 4.78 is 5.79. The number of hydrogen-bond acceptors (Lipinski definition) is 3. The molecule has 0 aliphatic carbocycles. The van der Waals surface area contributed by atoms with Gasteiger partial charge in [0.1, 0.15) is 0 Å². The van der Waals surface area contributed by atoms with Gasteiger partial charge in [-0.3, -0.25) is 4.90 Å². The van der Waals surface area contributed by atoms with Gasteiger partial charge in [0, 0.05) is 30.7 Å². The lowest BCUT2D eigenvalue weighted by molar-refractivity contribution is -0.0261. The fourth-order valence-electron chi connectivity index (χ4n) is 2.44. The van der Waals surface area contributed by atoms with Crippen molar-refractivity contribution >= 4 is 11.6 Å². The highest BCUT2D eigenvalue weighted by molar-refractivity contribution is 6.31. The molecule has 1 fully saturated rings. The Morgan fingerprint density at radius 2 is 2.26 bits per heavy atom. The van der Waals surface area contributed by atoms with Crippen molar-refractivity contribution in [3.63, 3.8) is 0 Å². The van der Waals surface area contributed by atoms with E-state index in [0.717, 1.165) is 43.4 Å². The largest absolute Gasteiger partial charge is 0.374 e. The van der Waals surface area contributed by atoms with E-state index in [9.17, 15) is 0 Å². The van der Waals surface area contributed by atoms with Crippen molar-refractivity contribution in [2.75, 3.05) is 32.8 Å². The van der Waals surface area contributed by atoms with Gasteiger partial charge in [-0.15, -0.1) is 0 Å². The quantitative estimate of drug-likeness (QED) is 0.899. The van der Waals surface area contributed by atoms with Crippen LogP contribution in [0.4, 0.5) is 0 Å². The van der Waals surface area contributed by atoms with Crippen LogP contribution in [0.1, 0.15) is 25.5 Å². The zero-order chi connectivity index (χ0) is 13.7. The van der Waals surface area contributed by atoms with Gasteiger partial charge in [0.05, 0.1) is 12.7 Å². The second-order valence-electron chi connectivity index (χ2n) is 5.04. The summed E-state index contributed by atoms with van der Waals surface area (Å²) in [5.41, 5.74) is 1.15. The molecule has 1 N–H and O–H groups in total. The summed E-state index contributed by atoms with van der Waals surface area (Å²) in [5.74, 6) is 0. The molecular weight excluding hydrogens is 260 g/mol. The number of benzene rings is 1. The number of likely N-dealkylation sites (N-methyl/N-ethyl adjacent to an activating group) is 1. The average Bonchev–Trinajstić information content (AvgIpc) is 2.45. The second kappa shape index (κ2) is 7.25. The molecule has 0 spiro atoms. The van der Waals surface area contributed by atoms with Crippen molar-refractivity contribution in [1.29, 1.82) is 0 Å². The van der Waals surface area contributed by atoms with Crippen LogP contribution in [0.15, 0.2) is 24.3 Å². The second-order valence-corrected chi connectivity index (χ2v) is 5.44. The Bertz CT molecular complexity index is 399. The van der Waals surface area contributed by atoms with Crippen LogP contribution in [0.2, 0.25) is 5.02 Å². The summed E-state index contributed by atoms with van der Waals surface area (Å²) in [4.78, 5) is 2.43. The first-order valence-electron chi connectivity index (χ1n) is 7.02. The Morgan fingerprint density at radius 1 is 1.47 bits per heavy atom. The predicted molar refractivity (Wildman–Crippen MR) is 79.7 cm³/mol. The lowest BCUT2D eigenvalue weighted by atomic mass is 10.1. The molecule has 1 aromatic carbocycles. The van der Waals surface area contributed by atoms with Crippen molar-refractivity contribution in [2.24, 2.45) is 0 Å². The third-order valence-corrected chi connectivity index (χ3v) is 4.04. The van der Waals surface area contributed by atoms with Gasteiger partial charge in [0.15, 0.2) is 0 Å². The number of nitrogens with zero attached hydrogens (tertiary/aromatic N) is 1. The maximum atomic E-state index is 6.21. The van der Waals surface area contributed by atoms with E-state index >= 15 is 0 Å². The van der Waals surface area contributed by atoms with E-state index in [4.69, 9.17) is 16.3 Å². The number of rotatable bonds is 5. The predicted octanol–water partition coefficient (Wildman–Crippen LogP) is 2.71. The minimum Gasteiger partial charge on any atom is -0.374 e. The molecule has 0 saturated carbocycles. The van der Waals surface area contributed by atoms with E-state index in [-0.39, 0.29) is 12.1 Å². The fraction of sp³-hybridized carbons (Fsp3) is 0.600. The summed E-state index contributed by atoms with van der Waals surface area (Å²) in [5, 5.41) is 4.34. The van der Waals surface area contributed by atoms with Crippen LogP contribution in [-0.2, 0) is 4.74 Å². The minimum atomic E-state index is 0.245. The van der Waals surface area contributed by atoms with Crippen LogP contribution in [0.5, 0.6) is 0 Å². The smallest absolute Gasteiger partial charge is 0.0826 e. The summed E-state index contributed by atoms with van der Waals surface area (Å²) in [6.07, 6.45) is 0.277. The molecule has 0 aromatic heterocycles. The van der Waals surface area contributed by atoms with Crippen molar-refractivity contribution in [3.8, 4) is 0 Å². The van der Waals surface area contributed by atoms with Crippen LogP contribution in [0.3, 0.4) is 0 Å². The van der Waals surface area contributed by atoms with E-state index in [0.29, 0.717) is 0 Å². The Labute approximate surface area is 120 Å². The Balaban J connectivity index is 1.83. The zero-order valence-corrected chi connectivity index (χ0v) is 12.5. The van der Waals surface area contributed by atoms with Crippen LogP contribution in [0.25, 0.3) is 0 Å². The molecule has 4 heteroatoms. The van der Waals surface area contributed by atoms with E-state index in [2.05, 4.69) is 30.1 Å². The molecule has 2 rings (SSSR count). The van der Waals surface area contributed by atoms with Gasteiger partial charge >= 0.3 is 0 Å². The SMILES string of the molecule is CCN1CCOC(CN[C@@H](C)c2ccccc2Cl)C1. The molecule has 1 aliphatic heterocycles. The molecule has 0 amide bonds. The molecule has 1 heterocycles.